The van der Waals surface area contributed by atoms with E-state index in [1.54, 1.807) is 0 Å². The van der Waals surface area contributed by atoms with Gasteiger partial charge in [-0.2, -0.15) is 0 Å². The Kier molecular flexibility index (Phi) is 9.10. The Hall–Kier alpha value is -8.28. The first-order valence-electron chi connectivity index (χ1n) is 20.4. The van der Waals surface area contributed by atoms with Crippen LogP contribution in [0.1, 0.15) is 0 Å². The fourth-order valence-electron chi connectivity index (χ4n) is 8.15. The number of hydrogen-bond acceptors (Lipinski definition) is 5. The molecular formula is C56H36N4O. The van der Waals surface area contributed by atoms with Crippen LogP contribution in [0.15, 0.2) is 223 Å². The molecule has 0 spiro atoms. The molecule has 8 aromatic carbocycles. The number of rotatable bonds is 8. The van der Waals surface area contributed by atoms with Crippen LogP contribution >= 0.6 is 0 Å². The number of furan rings is 1. The first-order chi connectivity index (χ1) is 30.2. The van der Waals surface area contributed by atoms with Gasteiger partial charge in [-0.05, 0) is 58.1 Å². The molecule has 0 atom stereocenters. The quantitative estimate of drug-likeness (QED) is 0.154. The fraction of sp³-hybridized carbons (Fsp3) is 0. The lowest BCUT2D eigenvalue weighted by Crippen LogP contribution is -2.00. The summed E-state index contributed by atoms with van der Waals surface area (Å²) in [6.45, 7) is 0. The first-order valence-corrected chi connectivity index (χ1v) is 20.4. The largest absolute Gasteiger partial charge is 0.455 e. The lowest BCUT2D eigenvalue weighted by atomic mass is 9.91. The van der Waals surface area contributed by atoms with Crippen molar-refractivity contribution in [2.75, 3.05) is 0 Å². The molecule has 0 unspecified atom stereocenters. The van der Waals surface area contributed by atoms with Gasteiger partial charge in [0, 0.05) is 38.8 Å². The third-order valence-corrected chi connectivity index (χ3v) is 11.1. The van der Waals surface area contributed by atoms with Crippen LogP contribution < -0.4 is 0 Å². The highest BCUT2D eigenvalue weighted by molar-refractivity contribution is 6.17. The Labute approximate surface area is 353 Å². The van der Waals surface area contributed by atoms with Gasteiger partial charge in [0.15, 0.2) is 17.5 Å². The van der Waals surface area contributed by atoms with Gasteiger partial charge in [-0.3, -0.25) is 0 Å². The van der Waals surface area contributed by atoms with Gasteiger partial charge in [-0.25, -0.2) is 19.9 Å². The van der Waals surface area contributed by atoms with E-state index in [1.807, 2.05) is 78.9 Å². The van der Waals surface area contributed by atoms with E-state index < -0.39 is 0 Å². The van der Waals surface area contributed by atoms with Gasteiger partial charge in [0.2, 0.25) is 0 Å². The molecule has 0 saturated heterocycles. The van der Waals surface area contributed by atoms with Crippen molar-refractivity contribution in [2.24, 2.45) is 0 Å². The average Bonchev–Trinajstić information content (AvgIpc) is 3.76. The van der Waals surface area contributed by atoms with Crippen molar-refractivity contribution in [1.29, 1.82) is 0 Å². The van der Waals surface area contributed by atoms with Crippen molar-refractivity contribution in [2.45, 2.75) is 0 Å². The topological polar surface area (TPSA) is 64.7 Å². The zero-order valence-electron chi connectivity index (χ0n) is 33.0. The molecule has 0 aliphatic heterocycles. The van der Waals surface area contributed by atoms with Crippen molar-refractivity contribution in [3.63, 3.8) is 0 Å². The summed E-state index contributed by atoms with van der Waals surface area (Å²) < 4.78 is 7.27. The summed E-state index contributed by atoms with van der Waals surface area (Å²) in [6, 6.07) is 75.1. The van der Waals surface area contributed by atoms with Gasteiger partial charge in [0.25, 0.3) is 0 Å². The number of hydrogen-bond donors (Lipinski definition) is 0. The fourth-order valence-corrected chi connectivity index (χ4v) is 8.15. The van der Waals surface area contributed by atoms with Crippen LogP contribution in [0.25, 0.3) is 112 Å². The smallest absolute Gasteiger partial charge is 0.164 e. The highest BCUT2D eigenvalue weighted by Crippen LogP contribution is 2.48. The highest BCUT2D eigenvalue weighted by Gasteiger charge is 2.25. The van der Waals surface area contributed by atoms with E-state index in [0.29, 0.717) is 17.5 Å². The molecular weight excluding hydrogens is 745 g/mol. The zero-order chi connectivity index (χ0) is 40.5. The number of pyridine rings is 1. The molecule has 0 N–H and O–H groups in total. The van der Waals surface area contributed by atoms with Crippen LogP contribution in [0.5, 0.6) is 0 Å². The second-order valence-corrected chi connectivity index (χ2v) is 15.0. The van der Waals surface area contributed by atoms with Crippen molar-refractivity contribution < 1.29 is 4.42 Å². The Morgan fingerprint density at radius 2 is 0.689 bits per heavy atom. The molecule has 0 bridgehead atoms. The molecule has 286 valence electrons. The Morgan fingerprint density at radius 3 is 1.20 bits per heavy atom. The van der Waals surface area contributed by atoms with Gasteiger partial charge in [-0.15, -0.1) is 0 Å². The van der Waals surface area contributed by atoms with Crippen LogP contribution in [-0.2, 0) is 0 Å². The van der Waals surface area contributed by atoms with E-state index in [4.69, 9.17) is 24.4 Å². The second kappa shape index (κ2) is 15.5. The van der Waals surface area contributed by atoms with E-state index in [9.17, 15) is 0 Å². The number of para-hydroxylation sites is 1. The molecule has 0 saturated carbocycles. The van der Waals surface area contributed by atoms with E-state index in [2.05, 4.69) is 140 Å². The normalized spacial score (nSPS) is 11.3. The van der Waals surface area contributed by atoms with Crippen molar-refractivity contribution in [3.8, 4) is 90.1 Å². The Morgan fingerprint density at radius 1 is 0.295 bits per heavy atom. The maximum Gasteiger partial charge on any atom is 0.164 e. The summed E-state index contributed by atoms with van der Waals surface area (Å²) >= 11 is 0. The minimum absolute atomic E-state index is 0.595. The molecule has 0 fully saturated rings. The molecule has 0 aliphatic carbocycles. The highest BCUT2D eigenvalue weighted by atomic mass is 16.3. The van der Waals surface area contributed by atoms with Crippen LogP contribution in [0, 0.1) is 0 Å². The van der Waals surface area contributed by atoms with Crippen LogP contribution in [0.4, 0.5) is 0 Å². The van der Waals surface area contributed by atoms with Crippen LogP contribution in [0.3, 0.4) is 0 Å². The van der Waals surface area contributed by atoms with Gasteiger partial charge in [-0.1, -0.05) is 188 Å². The molecule has 11 rings (SSSR count). The monoisotopic (exact) mass is 780 g/mol. The number of fused-ring (bicyclic) bond motifs is 3. The molecule has 11 aromatic rings. The van der Waals surface area contributed by atoms with E-state index in [-0.39, 0.29) is 0 Å². The predicted molar refractivity (Wildman–Crippen MR) is 248 cm³/mol. The molecule has 0 amide bonds. The zero-order valence-corrected chi connectivity index (χ0v) is 33.0. The predicted octanol–water partition coefficient (Wildman–Crippen LogP) is 14.5. The number of benzene rings is 8. The van der Waals surface area contributed by atoms with Crippen molar-refractivity contribution in [1.82, 2.24) is 19.9 Å². The van der Waals surface area contributed by atoms with Gasteiger partial charge < -0.3 is 4.42 Å². The standard InChI is InChI=1S/C56H36N4O/c1-6-18-37(19-7-1)44-34-45(38-20-8-2-9-21-38)36-46(35-44)52-49(50-51(40-22-10-3-11-23-40)57-48-29-17-16-28-47(48)53(50)61-52)39-30-32-43(33-31-39)56-59-54(41-24-12-4-13-25-41)58-55(60-56)42-26-14-5-15-27-42/h1-36H. The lowest BCUT2D eigenvalue weighted by molar-refractivity contribution is 0.636. The summed E-state index contributed by atoms with van der Waals surface area (Å²) in [7, 11) is 0. The van der Waals surface area contributed by atoms with E-state index in [0.717, 1.165) is 94.5 Å². The Bertz CT molecular complexity index is 3200. The molecule has 3 heterocycles. The van der Waals surface area contributed by atoms with Gasteiger partial charge >= 0.3 is 0 Å². The van der Waals surface area contributed by atoms with Gasteiger partial charge in [0.05, 0.1) is 16.6 Å². The van der Waals surface area contributed by atoms with Crippen molar-refractivity contribution in [3.05, 3.63) is 218 Å². The summed E-state index contributed by atoms with van der Waals surface area (Å²) in [5, 5.41) is 1.91. The molecule has 61 heavy (non-hydrogen) atoms. The summed E-state index contributed by atoms with van der Waals surface area (Å²) in [6.07, 6.45) is 0. The molecule has 0 radical (unpaired) electrons. The lowest BCUT2D eigenvalue weighted by Gasteiger charge is -2.12. The van der Waals surface area contributed by atoms with E-state index >= 15 is 0 Å². The summed E-state index contributed by atoms with van der Waals surface area (Å²) in [5.74, 6) is 2.60. The first kappa shape index (κ1) is 35.8. The Balaban J connectivity index is 1.16. The maximum absolute atomic E-state index is 7.27. The SMILES string of the molecule is c1ccc(-c2cc(-c3ccccc3)cc(-c3oc4c(c(-c5ccccc5)nc5ccccc54)c3-c3ccc(-c4nc(-c5ccccc5)nc(-c5ccccc5)n4)cc3)c2)cc1. The minimum atomic E-state index is 0.595. The third kappa shape index (κ3) is 6.84. The number of nitrogens with zero attached hydrogens (tertiary/aromatic N) is 4. The minimum Gasteiger partial charge on any atom is -0.455 e. The molecule has 5 nitrogen and oxygen atoms in total. The third-order valence-electron chi connectivity index (χ3n) is 11.1. The van der Waals surface area contributed by atoms with E-state index in [1.165, 1.54) is 0 Å². The second-order valence-electron chi connectivity index (χ2n) is 15.0. The number of aromatic nitrogens is 4. The van der Waals surface area contributed by atoms with Crippen LogP contribution in [-0.4, -0.2) is 19.9 Å². The summed E-state index contributed by atoms with van der Waals surface area (Å²) in [4.78, 5) is 20.3. The molecule has 3 aromatic heterocycles. The summed E-state index contributed by atoms with van der Waals surface area (Å²) in [5.41, 5.74) is 13.6. The maximum atomic E-state index is 7.27. The molecule has 0 aliphatic rings. The van der Waals surface area contributed by atoms with Crippen molar-refractivity contribution >= 4 is 21.9 Å². The molecule has 5 heteroatoms. The van der Waals surface area contributed by atoms with Crippen LogP contribution in [0.2, 0.25) is 0 Å². The van der Waals surface area contributed by atoms with Gasteiger partial charge in [0.1, 0.15) is 11.3 Å². The average molecular weight is 781 g/mol.